The molecule has 2 nitrogen and oxygen atoms in total. The predicted octanol–water partition coefficient (Wildman–Crippen LogP) is 2.60. The van der Waals surface area contributed by atoms with E-state index in [4.69, 9.17) is 7.85 Å². The summed E-state index contributed by atoms with van der Waals surface area (Å²) in [5, 5.41) is 8.35. The quantitative estimate of drug-likeness (QED) is 0.578. The highest BCUT2D eigenvalue weighted by atomic mass is 16.4. The molecule has 64 valence electrons. The van der Waals surface area contributed by atoms with E-state index in [2.05, 4.69) is 6.58 Å². The van der Waals surface area contributed by atoms with Crippen molar-refractivity contribution in [2.75, 3.05) is 0 Å². The summed E-state index contributed by atoms with van der Waals surface area (Å²) in [6, 6.07) is 0. The van der Waals surface area contributed by atoms with Crippen LogP contribution in [0.4, 0.5) is 0 Å². The molecule has 0 aromatic rings. The van der Waals surface area contributed by atoms with Crippen molar-refractivity contribution in [3.05, 3.63) is 12.7 Å². The zero-order valence-corrected chi connectivity index (χ0v) is 6.68. The molecule has 0 aliphatic heterocycles. The molecule has 0 spiro atoms. The van der Waals surface area contributed by atoms with Crippen LogP contribution >= 0.6 is 0 Å². The van der Waals surface area contributed by atoms with Crippen molar-refractivity contribution in [2.45, 2.75) is 38.5 Å². The first-order chi connectivity index (χ1) is 5.98. The van der Waals surface area contributed by atoms with Gasteiger partial charge in [-0.2, -0.15) is 0 Å². The molecule has 0 saturated heterocycles. The number of carboxylic acid groups (broad SMARTS) is 1. The number of hydrogen-bond acceptors (Lipinski definition) is 1. The molecule has 0 atom stereocenters. The highest BCUT2D eigenvalue weighted by molar-refractivity contribution is 5.66. The molecular weight excluding hydrogens is 140 g/mol. The van der Waals surface area contributed by atoms with Crippen LogP contribution in [0.5, 0.6) is 0 Å². The minimum atomic E-state index is -1.25. The van der Waals surface area contributed by atoms with Crippen LogP contribution < -0.4 is 0 Å². The Morgan fingerprint density at radius 1 is 1.55 bits per heavy atom. The van der Waals surface area contributed by atoms with Crippen molar-refractivity contribution in [3.8, 4) is 0 Å². The molecule has 0 fully saturated rings. The molecule has 0 radical (unpaired) electrons. The van der Waals surface area contributed by atoms with Crippen LogP contribution in [0.1, 0.15) is 41.2 Å². The van der Waals surface area contributed by atoms with Crippen molar-refractivity contribution in [2.24, 2.45) is 0 Å². The van der Waals surface area contributed by atoms with E-state index in [-0.39, 0.29) is 6.42 Å². The number of carboxylic acids is 1. The summed E-state index contributed by atoms with van der Waals surface area (Å²) in [5.41, 5.74) is 0. The summed E-state index contributed by atoms with van der Waals surface area (Å²) in [6.45, 7) is 3.51. The fourth-order valence-corrected chi connectivity index (χ4v) is 0.694. The molecule has 11 heavy (non-hydrogen) atoms. The second kappa shape index (κ2) is 7.32. The first-order valence-corrected chi connectivity index (χ1v) is 3.80. The Labute approximate surface area is 70.7 Å². The van der Waals surface area contributed by atoms with E-state index in [9.17, 15) is 4.79 Å². The molecule has 0 aliphatic rings. The van der Waals surface area contributed by atoms with Gasteiger partial charge in [-0.15, -0.1) is 6.58 Å². The summed E-state index contributed by atoms with van der Waals surface area (Å²) >= 11 is 0. The highest BCUT2D eigenvalue weighted by Gasteiger charge is 1.94. The summed E-state index contributed by atoms with van der Waals surface area (Å²) in [4.78, 5) is 10.2. The number of carbonyl (C=O) groups is 1. The number of allylic oxidation sites excluding steroid dienone is 1. The lowest BCUT2D eigenvalue weighted by Gasteiger charge is -1.95. The molecule has 0 amide bonds. The fraction of sp³-hybridized carbons (Fsp3) is 0.667. The molecule has 0 saturated carbocycles. The van der Waals surface area contributed by atoms with Crippen molar-refractivity contribution in [1.29, 1.82) is 0 Å². The van der Waals surface area contributed by atoms with E-state index in [1.54, 1.807) is 6.08 Å². The smallest absolute Gasteiger partial charge is 0.303 e. The molecule has 0 aliphatic carbocycles. The molecule has 1 N–H and O–H groups in total. The Morgan fingerprint density at radius 2 is 2.27 bits per heavy atom. The van der Waals surface area contributed by atoms with Gasteiger partial charge in [-0.05, 0) is 19.3 Å². The van der Waals surface area contributed by atoms with Crippen molar-refractivity contribution in [1.82, 2.24) is 0 Å². The topological polar surface area (TPSA) is 37.3 Å². The maximum atomic E-state index is 10.2. The molecule has 0 aromatic carbocycles. The van der Waals surface area contributed by atoms with Gasteiger partial charge in [0, 0.05) is 9.16 Å². The largest absolute Gasteiger partial charge is 0.481 e. The van der Waals surface area contributed by atoms with E-state index in [0.29, 0.717) is 25.7 Å². The molecule has 0 aromatic heterocycles. The Hall–Kier alpha value is -0.790. The lowest BCUT2D eigenvalue weighted by Crippen LogP contribution is -1.93. The SMILES string of the molecule is [2H]C([2H])(CCC=C)CCCC(=O)O. The summed E-state index contributed by atoms with van der Waals surface area (Å²) < 4.78 is 15.0. The summed E-state index contributed by atoms with van der Waals surface area (Å²) in [5.74, 6) is -0.862. The summed E-state index contributed by atoms with van der Waals surface area (Å²) in [6.07, 6.45) is 2.26. The van der Waals surface area contributed by atoms with Crippen LogP contribution in [0, 0.1) is 0 Å². The minimum Gasteiger partial charge on any atom is -0.481 e. The third-order valence-corrected chi connectivity index (χ3v) is 1.27. The lowest BCUT2D eigenvalue weighted by molar-refractivity contribution is -0.137. The highest BCUT2D eigenvalue weighted by Crippen LogP contribution is 2.04. The van der Waals surface area contributed by atoms with Crippen LogP contribution in [0.15, 0.2) is 12.7 Å². The Balaban J connectivity index is 3.61. The van der Waals surface area contributed by atoms with Crippen LogP contribution in [0.3, 0.4) is 0 Å². The molecule has 0 rings (SSSR count). The summed E-state index contributed by atoms with van der Waals surface area (Å²) in [7, 11) is 0. The van der Waals surface area contributed by atoms with Gasteiger partial charge in [-0.1, -0.05) is 18.9 Å². The van der Waals surface area contributed by atoms with Gasteiger partial charge in [0.1, 0.15) is 0 Å². The monoisotopic (exact) mass is 158 g/mol. The van der Waals surface area contributed by atoms with Gasteiger partial charge in [0.25, 0.3) is 0 Å². The van der Waals surface area contributed by atoms with Gasteiger partial charge in [-0.3, -0.25) is 4.79 Å². The Kier molecular flexibility index (Phi) is 4.59. The Morgan fingerprint density at radius 3 is 2.82 bits per heavy atom. The van der Waals surface area contributed by atoms with Gasteiger partial charge in [0.15, 0.2) is 0 Å². The maximum Gasteiger partial charge on any atom is 0.303 e. The predicted molar refractivity (Wildman–Crippen MR) is 45.5 cm³/mol. The number of aliphatic carboxylic acids is 1. The zero-order chi connectivity index (χ0) is 10.3. The molecule has 2 heteroatoms. The van der Waals surface area contributed by atoms with Crippen LogP contribution in [-0.2, 0) is 4.79 Å². The fourth-order valence-electron chi connectivity index (χ4n) is 0.694. The normalized spacial score (nSPS) is 13.5. The van der Waals surface area contributed by atoms with Crippen molar-refractivity contribution >= 4 is 5.97 Å². The average Bonchev–Trinajstić information content (AvgIpc) is 2.00. The second-order valence-corrected chi connectivity index (χ2v) is 2.32. The van der Waals surface area contributed by atoms with E-state index in [1.165, 1.54) is 0 Å². The van der Waals surface area contributed by atoms with Gasteiger partial charge >= 0.3 is 5.97 Å². The van der Waals surface area contributed by atoms with Gasteiger partial charge in [0.05, 0.1) is 0 Å². The molecule has 0 unspecified atom stereocenters. The van der Waals surface area contributed by atoms with Crippen LogP contribution in [0.25, 0.3) is 0 Å². The molecule has 0 bridgehead atoms. The van der Waals surface area contributed by atoms with E-state index < -0.39 is 12.3 Å². The van der Waals surface area contributed by atoms with Gasteiger partial charge in [-0.25, -0.2) is 0 Å². The van der Waals surface area contributed by atoms with Gasteiger partial charge in [0.2, 0.25) is 0 Å². The first kappa shape index (κ1) is 6.89. The first-order valence-electron chi connectivity index (χ1n) is 4.80. The van der Waals surface area contributed by atoms with Crippen LogP contribution in [-0.4, -0.2) is 11.1 Å². The third kappa shape index (κ3) is 9.21. The van der Waals surface area contributed by atoms with Crippen LogP contribution in [0.2, 0.25) is 0 Å². The molecule has 0 heterocycles. The Bertz CT molecular complexity index is 178. The minimum absolute atomic E-state index is 0.0492. The zero-order valence-electron chi connectivity index (χ0n) is 8.68. The van der Waals surface area contributed by atoms with Crippen molar-refractivity contribution in [3.63, 3.8) is 0 Å². The maximum absolute atomic E-state index is 10.2. The molecular formula is C9H16O2. The van der Waals surface area contributed by atoms with E-state index in [1.807, 2.05) is 0 Å². The standard InChI is InChI=1S/C9H16O2/c1-2-3-4-5-6-7-8-9(10)11/h2H,1,3-8H2,(H,10,11)/i5D2. The third-order valence-electron chi connectivity index (χ3n) is 1.27. The number of rotatable bonds is 7. The van der Waals surface area contributed by atoms with E-state index in [0.717, 1.165) is 0 Å². The number of hydrogen-bond donors (Lipinski definition) is 1. The van der Waals surface area contributed by atoms with Gasteiger partial charge < -0.3 is 5.11 Å². The average molecular weight is 158 g/mol. The lowest BCUT2D eigenvalue weighted by atomic mass is 10.1. The van der Waals surface area contributed by atoms with E-state index >= 15 is 0 Å². The van der Waals surface area contributed by atoms with Crippen molar-refractivity contribution < 1.29 is 12.6 Å². The second-order valence-electron chi connectivity index (χ2n) is 2.32.